The fourth-order valence-electron chi connectivity index (χ4n) is 3.59. The maximum absolute atomic E-state index is 12.8. The van der Waals surface area contributed by atoms with Crippen molar-refractivity contribution < 1.29 is 4.79 Å². The third-order valence-corrected chi connectivity index (χ3v) is 4.99. The molecule has 1 saturated heterocycles. The second kappa shape index (κ2) is 7.76. The number of hydrogen-bond acceptors (Lipinski definition) is 5. The van der Waals surface area contributed by atoms with Gasteiger partial charge in [-0.2, -0.15) is 0 Å². The smallest absolute Gasteiger partial charge is 0.253 e. The highest BCUT2D eigenvalue weighted by Gasteiger charge is 2.23. The minimum atomic E-state index is 0.102. The van der Waals surface area contributed by atoms with Gasteiger partial charge in [-0.3, -0.25) is 9.78 Å². The van der Waals surface area contributed by atoms with Crippen LogP contribution in [0.15, 0.2) is 54.9 Å². The van der Waals surface area contributed by atoms with Crippen molar-refractivity contribution in [1.82, 2.24) is 20.1 Å². The Morgan fingerprint density at radius 3 is 2.14 bits per heavy atom. The molecule has 0 aliphatic carbocycles. The zero-order chi connectivity index (χ0) is 19.5. The van der Waals surface area contributed by atoms with Gasteiger partial charge in [0.2, 0.25) is 0 Å². The number of piperazine rings is 1. The molecular weight excluding hydrogens is 350 g/mol. The number of anilines is 1. The minimum absolute atomic E-state index is 0.102. The van der Waals surface area contributed by atoms with Gasteiger partial charge in [-0.1, -0.05) is 17.2 Å². The molecule has 0 saturated carbocycles. The molecule has 0 bridgehead atoms. The molecule has 3 aromatic rings. The van der Waals surface area contributed by atoms with Crippen LogP contribution in [0.4, 0.5) is 5.82 Å². The van der Waals surface area contributed by atoms with Crippen LogP contribution in [0.5, 0.6) is 0 Å². The quantitative estimate of drug-likeness (QED) is 0.706. The molecule has 1 aromatic carbocycles. The van der Waals surface area contributed by atoms with E-state index in [1.54, 1.807) is 12.4 Å². The summed E-state index contributed by atoms with van der Waals surface area (Å²) in [5.41, 5.74) is 4.83. The van der Waals surface area contributed by atoms with E-state index >= 15 is 0 Å². The number of benzene rings is 1. The van der Waals surface area contributed by atoms with Gasteiger partial charge < -0.3 is 9.80 Å². The SMILES string of the molecule is Cc1cc(C)cc(C(=O)N2CCN(c3ccc(-c4ccncc4)nn3)CC2)c1. The van der Waals surface area contributed by atoms with Crippen LogP contribution < -0.4 is 4.90 Å². The maximum atomic E-state index is 12.8. The van der Waals surface area contributed by atoms with Gasteiger partial charge in [0.25, 0.3) is 5.91 Å². The van der Waals surface area contributed by atoms with Gasteiger partial charge in [-0.25, -0.2) is 0 Å². The fraction of sp³-hybridized carbons (Fsp3) is 0.273. The van der Waals surface area contributed by atoms with Crippen LogP contribution >= 0.6 is 0 Å². The van der Waals surface area contributed by atoms with Crippen molar-refractivity contribution in [3.8, 4) is 11.3 Å². The first-order chi connectivity index (χ1) is 13.6. The van der Waals surface area contributed by atoms with E-state index in [-0.39, 0.29) is 5.91 Å². The van der Waals surface area contributed by atoms with Gasteiger partial charge >= 0.3 is 0 Å². The second-order valence-electron chi connectivity index (χ2n) is 7.17. The molecule has 0 atom stereocenters. The van der Waals surface area contributed by atoms with Crippen LogP contribution in [0.2, 0.25) is 0 Å². The molecule has 6 nitrogen and oxygen atoms in total. The lowest BCUT2D eigenvalue weighted by Crippen LogP contribution is -2.49. The van der Waals surface area contributed by atoms with E-state index in [0.717, 1.165) is 46.9 Å². The number of hydrogen-bond donors (Lipinski definition) is 0. The van der Waals surface area contributed by atoms with Crippen molar-refractivity contribution >= 4 is 11.7 Å². The number of carbonyl (C=O) groups excluding carboxylic acids is 1. The Balaban J connectivity index is 1.40. The third-order valence-electron chi connectivity index (χ3n) is 4.99. The van der Waals surface area contributed by atoms with Gasteiger partial charge in [0.1, 0.15) is 0 Å². The second-order valence-corrected chi connectivity index (χ2v) is 7.17. The van der Waals surface area contributed by atoms with Crippen molar-refractivity contribution in [2.45, 2.75) is 13.8 Å². The summed E-state index contributed by atoms with van der Waals surface area (Å²) in [4.78, 5) is 20.9. The van der Waals surface area contributed by atoms with Gasteiger partial charge in [-0.15, -0.1) is 10.2 Å². The highest BCUT2D eigenvalue weighted by molar-refractivity contribution is 5.94. The average molecular weight is 373 g/mol. The Hall–Kier alpha value is -3.28. The van der Waals surface area contributed by atoms with E-state index in [0.29, 0.717) is 13.1 Å². The van der Waals surface area contributed by atoms with E-state index in [1.807, 2.05) is 55.1 Å². The molecule has 142 valence electrons. The Labute approximate surface area is 164 Å². The molecule has 0 radical (unpaired) electrons. The molecule has 0 N–H and O–H groups in total. The van der Waals surface area contributed by atoms with Gasteiger partial charge in [0.05, 0.1) is 5.69 Å². The summed E-state index contributed by atoms with van der Waals surface area (Å²) >= 11 is 0. The molecule has 1 amide bonds. The van der Waals surface area contributed by atoms with E-state index in [1.165, 1.54) is 0 Å². The van der Waals surface area contributed by atoms with E-state index in [9.17, 15) is 4.79 Å². The van der Waals surface area contributed by atoms with Crippen LogP contribution in [0, 0.1) is 13.8 Å². The van der Waals surface area contributed by atoms with Gasteiger partial charge in [0.15, 0.2) is 5.82 Å². The molecular formula is C22H23N5O. The molecule has 0 unspecified atom stereocenters. The summed E-state index contributed by atoms with van der Waals surface area (Å²) in [6, 6.07) is 13.8. The molecule has 1 aliphatic rings. The van der Waals surface area contributed by atoms with Crippen LogP contribution in [-0.4, -0.2) is 52.2 Å². The number of carbonyl (C=O) groups is 1. The third kappa shape index (κ3) is 3.86. The number of pyridine rings is 1. The van der Waals surface area contributed by atoms with Gasteiger partial charge in [0, 0.05) is 49.7 Å². The minimum Gasteiger partial charge on any atom is -0.352 e. The van der Waals surface area contributed by atoms with Crippen molar-refractivity contribution in [2.24, 2.45) is 0 Å². The summed E-state index contributed by atoms with van der Waals surface area (Å²) in [5.74, 6) is 0.946. The highest BCUT2D eigenvalue weighted by Crippen LogP contribution is 2.19. The molecule has 1 aliphatic heterocycles. The largest absolute Gasteiger partial charge is 0.352 e. The van der Waals surface area contributed by atoms with E-state index in [4.69, 9.17) is 0 Å². The first kappa shape index (κ1) is 18.1. The predicted molar refractivity (Wildman–Crippen MR) is 109 cm³/mol. The van der Waals surface area contributed by atoms with Crippen molar-refractivity contribution in [3.05, 3.63) is 71.5 Å². The molecule has 6 heteroatoms. The van der Waals surface area contributed by atoms with Crippen molar-refractivity contribution in [3.63, 3.8) is 0 Å². The number of nitrogens with zero attached hydrogens (tertiary/aromatic N) is 5. The Kier molecular flexibility index (Phi) is 5.02. The maximum Gasteiger partial charge on any atom is 0.253 e. The highest BCUT2D eigenvalue weighted by atomic mass is 16.2. The first-order valence-corrected chi connectivity index (χ1v) is 9.47. The predicted octanol–water partition coefficient (Wildman–Crippen LogP) is 3.12. The summed E-state index contributed by atoms with van der Waals surface area (Å²) in [5, 5.41) is 8.73. The van der Waals surface area contributed by atoms with Gasteiger partial charge in [-0.05, 0) is 50.2 Å². The normalized spacial score (nSPS) is 14.2. The number of aromatic nitrogens is 3. The number of aryl methyl sites for hydroxylation is 2. The molecule has 0 spiro atoms. The zero-order valence-corrected chi connectivity index (χ0v) is 16.2. The molecule has 4 rings (SSSR count). The molecule has 1 fully saturated rings. The summed E-state index contributed by atoms with van der Waals surface area (Å²) in [6.45, 7) is 6.91. The fourth-order valence-corrected chi connectivity index (χ4v) is 3.59. The van der Waals surface area contributed by atoms with Crippen LogP contribution in [0.3, 0.4) is 0 Å². The summed E-state index contributed by atoms with van der Waals surface area (Å²) in [7, 11) is 0. The standard InChI is InChI=1S/C22H23N5O/c1-16-13-17(2)15-19(14-16)22(28)27-11-9-26(10-12-27)21-4-3-20(24-25-21)18-5-7-23-8-6-18/h3-8,13-15H,9-12H2,1-2H3. The lowest BCUT2D eigenvalue weighted by Gasteiger charge is -2.35. The summed E-state index contributed by atoms with van der Waals surface area (Å²) < 4.78 is 0. The first-order valence-electron chi connectivity index (χ1n) is 9.47. The number of amides is 1. The van der Waals surface area contributed by atoms with Crippen LogP contribution in [0.25, 0.3) is 11.3 Å². The Morgan fingerprint density at radius 1 is 0.857 bits per heavy atom. The number of rotatable bonds is 3. The van der Waals surface area contributed by atoms with Crippen LogP contribution in [-0.2, 0) is 0 Å². The molecule has 28 heavy (non-hydrogen) atoms. The van der Waals surface area contributed by atoms with E-state index < -0.39 is 0 Å². The topological polar surface area (TPSA) is 62.2 Å². The Morgan fingerprint density at radius 2 is 1.54 bits per heavy atom. The monoisotopic (exact) mass is 373 g/mol. The lowest BCUT2D eigenvalue weighted by atomic mass is 10.1. The summed E-state index contributed by atoms with van der Waals surface area (Å²) in [6.07, 6.45) is 3.49. The van der Waals surface area contributed by atoms with Crippen LogP contribution in [0.1, 0.15) is 21.5 Å². The van der Waals surface area contributed by atoms with E-state index in [2.05, 4.69) is 26.1 Å². The average Bonchev–Trinajstić information content (AvgIpc) is 2.73. The molecule has 3 heterocycles. The molecule has 2 aromatic heterocycles. The lowest BCUT2D eigenvalue weighted by molar-refractivity contribution is 0.0746. The zero-order valence-electron chi connectivity index (χ0n) is 16.2. The van der Waals surface area contributed by atoms with Crippen molar-refractivity contribution in [1.29, 1.82) is 0 Å². The van der Waals surface area contributed by atoms with Crippen molar-refractivity contribution in [2.75, 3.05) is 31.1 Å². The Bertz CT molecular complexity index is 944.